The topological polar surface area (TPSA) is 48.9 Å². The van der Waals surface area contributed by atoms with Crippen LogP contribution >= 0.6 is 0 Å². The molecule has 112 valence electrons. The van der Waals surface area contributed by atoms with Crippen molar-refractivity contribution in [1.29, 1.82) is 0 Å². The van der Waals surface area contributed by atoms with Crippen molar-refractivity contribution >= 4 is 5.96 Å². The molecule has 1 heterocycles. The maximum atomic E-state index is 5.02. The number of nitrogens with zero attached hydrogens (tertiary/aromatic N) is 2. The Morgan fingerprint density at radius 1 is 1.32 bits per heavy atom. The number of piperidine rings is 1. The van der Waals surface area contributed by atoms with Gasteiger partial charge in [0, 0.05) is 27.2 Å². The molecule has 0 spiro atoms. The summed E-state index contributed by atoms with van der Waals surface area (Å²) in [7, 11) is 3.52. The third-order valence-corrected chi connectivity index (χ3v) is 3.63. The van der Waals surface area contributed by atoms with Crippen LogP contribution in [0.4, 0.5) is 0 Å². The van der Waals surface area contributed by atoms with Crippen LogP contribution in [0.1, 0.15) is 26.2 Å². The van der Waals surface area contributed by atoms with Gasteiger partial charge in [0.2, 0.25) is 0 Å². The van der Waals surface area contributed by atoms with Gasteiger partial charge in [0.05, 0.1) is 6.61 Å². The fraction of sp³-hybridized carbons (Fsp3) is 0.929. The number of rotatable bonds is 7. The molecular weight excluding hydrogens is 240 g/mol. The minimum absolute atomic E-state index is 0.704. The van der Waals surface area contributed by atoms with Gasteiger partial charge in [0.1, 0.15) is 0 Å². The van der Waals surface area contributed by atoms with Gasteiger partial charge in [-0.15, -0.1) is 0 Å². The molecule has 1 saturated heterocycles. The molecule has 1 aliphatic heterocycles. The molecule has 1 fully saturated rings. The Bertz CT molecular complexity index is 250. The molecule has 0 saturated carbocycles. The van der Waals surface area contributed by atoms with Crippen LogP contribution in [-0.4, -0.2) is 64.3 Å². The lowest BCUT2D eigenvalue weighted by Crippen LogP contribution is -2.43. The standard InChI is InChI=1S/C14H30N4O/c1-4-8-18-9-5-13(6-10-18)12-17-14(15-2)16-7-11-19-3/h13H,4-12H2,1-3H3,(H2,15,16,17). The lowest BCUT2D eigenvalue weighted by molar-refractivity contribution is 0.185. The van der Waals surface area contributed by atoms with E-state index < -0.39 is 0 Å². The molecule has 0 bridgehead atoms. The van der Waals surface area contributed by atoms with Crippen molar-refractivity contribution in [2.75, 3.05) is 53.5 Å². The van der Waals surface area contributed by atoms with Gasteiger partial charge in [0.15, 0.2) is 5.96 Å². The van der Waals surface area contributed by atoms with E-state index in [0.29, 0.717) is 6.61 Å². The van der Waals surface area contributed by atoms with Crippen molar-refractivity contribution < 1.29 is 4.74 Å². The van der Waals surface area contributed by atoms with Crippen molar-refractivity contribution in [3.8, 4) is 0 Å². The molecule has 5 nitrogen and oxygen atoms in total. The lowest BCUT2D eigenvalue weighted by Gasteiger charge is -2.32. The molecule has 0 aromatic carbocycles. The van der Waals surface area contributed by atoms with Gasteiger partial charge in [-0.05, 0) is 44.8 Å². The Labute approximate surface area is 117 Å². The van der Waals surface area contributed by atoms with E-state index in [2.05, 4.69) is 27.4 Å². The minimum Gasteiger partial charge on any atom is -0.383 e. The highest BCUT2D eigenvalue weighted by atomic mass is 16.5. The number of hydrogen-bond donors (Lipinski definition) is 2. The summed E-state index contributed by atoms with van der Waals surface area (Å²) in [4.78, 5) is 6.79. The summed E-state index contributed by atoms with van der Waals surface area (Å²) in [6.45, 7) is 8.52. The van der Waals surface area contributed by atoms with Crippen LogP contribution < -0.4 is 10.6 Å². The summed E-state index contributed by atoms with van der Waals surface area (Å²) in [5.41, 5.74) is 0. The van der Waals surface area contributed by atoms with Crippen LogP contribution in [0.3, 0.4) is 0 Å². The Morgan fingerprint density at radius 3 is 2.63 bits per heavy atom. The first-order valence-electron chi connectivity index (χ1n) is 7.46. The molecule has 1 aliphatic rings. The second kappa shape index (κ2) is 10.0. The molecular formula is C14H30N4O. The quantitative estimate of drug-likeness (QED) is 0.410. The fourth-order valence-electron chi connectivity index (χ4n) is 2.46. The largest absolute Gasteiger partial charge is 0.383 e. The molecule has 0 atom stereocenters. The number of methoxy groups -OCH3 is 1. The summed E-state index contributed by atoms with van der Waals surface area (Å²) in [5, 5.41) is 6.65. The number of nitrogens with one attached hydrogen (secondary N) is 2. The van der Waals surface area contributed by atoms with E-state index in [1.54, 1.807) is 7.11 Å². The lowest BCUT2D eigenvalue weighted by atomic mass is 9.97. The predicted molar refractivity (Wildman–Crippen MR) is 80.7 cm³/mol. The molecule has 0 unspecified atom stereocenters. The number of guanidine groups is 1. The molecule has 5 heteroatoms. The second-order valence-electron chi connectivity index (χ2n) is 5.16. The summed E-state index contributed by atoms with van der Waals surface area (Å²) in [6, 6.07) is 0. The average Bonchev–Trinajstić information content (AvgIpc) is 2.44. The summed E-state index contributed by atoms with van der Waals surface area (Å²) < 4.78 is 5.02. The molecule has 0 aromatic heterocycles. The molecule has 19 heavy (non-hydrogen) atoms. The minimum atomic E-state index is 0.704. The second-order valence-corrected chi connectivity index (χ2v) is 5.16. The SMILES string of the molecule is CCCN1CCC(CNC(=NC)NCCOC)CC1. The first-order chi connectivity index (χ1) is 9.30. The van der Waals surface area contributed by atoms with Gasteiger partial charge in [-0.25, -0.2) is 0 Å². The van der Waals surface area contributed by atoms with Gasteiger partial charge in [-0.3, -0.25) is 4.99 Å². The Morgan fingerprint density at radius 2 is 2.05 bits per heavy atom. The van der Waals surface area contributed by atoms with Crippen LogP contribution in [0.5, 0.6) is 0 Å². The zero-order valence-corrected chi connectivity index (χ0v) is 12.7. The zero-order valence-electron chi connectivity index (χ0n) is 12.7. The Balaban J connectivity index is 2.14. The van der Waals surface area contributed by atoms with Gasteiger partial charge in [0.25, 0.3) is 0 Å². The molecule has 2 N–H and O–H groups in total. The Hall–Kier alpha value is -0.810. The van der Waals surface area contributed by atoms with Crippen molar-refractivity contribution in [3.05, 3.63) is 0 Å². The first-order valence-corrected chi connectivity index (χ1v) is 7.46. The zero-order chi connectivity index (χ0) is 13.9. The monoisotopic (exact) mass is 270 g/mol. The van der Waals surface area contributed by atoms with Gasteiger partial charge in [-0.2, -0.15) is 0 Å². The van der Waals surface area contributed by atoms with Crippen LogP contribution in [0.2, 0.25) is 0 Å². The van der Waals surface area contributed by atoms with Crippen LogP contribution in [0.25, 0.3) is 0 Å². The van der Waals surface area contributed by atoms with Crippen molar-refractivity contribution in [3.63, 3.8) is 0 Å². The normalized spacial score (nSPS) is 18.6. The van der Waals surface area contributed by atoms with E-state index in [1.165, 1.54) is 38.9 Å². The maximum Gasteiger partial charge on any atom is 0.191 e. The molecule has 1 rings (SSSR count). The number of ether oxygens (including phenoxy) is 1. The highest BCUT2D eigenvalue weighted by molar-refractivity contribution is 5.79. The van der Waals surface area contributed by atoms with E-state index in [9.17, 15) is 0 Å². The van der Waals surface area contributed by atoms with Crippen molar-refractivity contribution in [2.24, 2.45) is 10.9 Å². The maximum absolute atomic E-state index is 5.02. The number of hydrogen-bond acceptors (Lipinski definition) is 3. The highest BCUT2D eigenvalue weighted by Gasteiger charge is 2.18. The molecule has 0 amide bonds. The average molecular weight is 270 g/mol. The number of aliphatic imine (C=N–C) groups is 1. The predicted octanol–water partition coefficient (Wildman–Crippen LogP) is 0.920. The molecule has 0 aromatic rings. The van der Waals surface area contributed by atoms with Crippen molar-refractivity contribution in [2.45, 2.75) is 26.2 Å². The molecule has 0 radical (unpaired) electrons. The molecule has 0 aliphatic carbocycles. The van der Waals surface area contributed by atoms with Gasteiger partial charge in [-0.1, -0.05) is 6.92 Å². The fourth-order valence-corrected chi connectivity index (χ4v) is 2.46. The third-order valence-electron chi connectivity index (χ3n) is 3.63. The third kappa shape index (κ3) is 6.78. The van der Waals surface area contributed by atoms with E-state index in [0.717, 1.165) is 25.0 Å². The highest BCUT2D eigenvalue weighted by Crippen LogP contribution is 2.16. The van der Waals surface area contributed by atoms with Crippen molar-refractivity contribution in [1.82, 2.24) is 15.5 Å². The first kappa shape index (κ1) is 16.2. The summed E-state index contributed by atoms with van der Waals surface area (Å²) in [5.74, 6) is 1.65. The van der Waals surface area contributed by atoms with E-state index in [4.69, 9.17) is 4.74 Å². The summed E-state index contributed by atoms with van der Waals surface area (Å²) >= 11 is 0. The van der Waals surface area contributed by atoms with Crippen LogP contribution in [0, 0.1) is 5.92 Å². The Kier molecular flexibility index (Phi) is 8.58. The van der Waals surface area contributed by atoms with Crippen LogP contribution in [-0.2, 0) is 4.74 Å². The van der Waals surface area contributed by atoms with Crippen LogP contribution in [0.15, 0.2) is 4.99 Å². The summed E-state index contributed by atoms with van der Waals surface area (Å²) in [6.07, 6.45) is 3.85. The van der Waals surface area contributed by atoms with Gasteiger partial charge >= 0.3 is 0 Å². The smallest absolute Gasteiger partial charge is 0.191 e. The number of likely N-dealkylation sites (tertiary alicyclic amines) is 1. The van der Waals surface area contributed by atoms with Gasteiger partial charge < -0.3 is 20.3 Å². The van der Waals surface area contributed by atoms with E-state index in [1.807, 2.05) is 7.05 Å². The van der Waals surface area contributed by atoms with E-state index >= 15 is 0 Å². The van der Waals surface area contributed by atoms with E-state index in [-0.39, 0.29) is 0 Å².